The third-order valence-electron chi connectivity index (χ3n) is 3.10. The van der Waals surface area contributed by atoms with Gasteiger partial charge in [0.05, 0.1) is 6.54 Å². The van der Waals surface area contributed by atoms with Gasteiger partial charge >= 0.3 is 0 Å². The summed E-state index contributed by atoms with van der Waals surface area (Å²) in [7, 11) is 0. The summed E-state index contributed by atoms with van der Waals surface area (Å²) in [5, 5.41) is 0. The minimum Gasteiger partial charge on any atom is -0.486 e. The van der Waals surface area contributed by atoms with Gasteiger partial charge in [0, 0.05) is 0 Å². The molecule has 1 aromatic carbocycles. The van der Waals surface area contributed by atoms with E-state index < -0.39 is 0 Å². The van der Waals surface area contributed by atoms with E-state index in [4.69, 9.17) is 14.9 Å². The van der Waals surface area contributed by atoms with Crippen LogP contribution < -0.4 is 10.5 Å². The van der Waals surface area contributed by atoms with Crippen molar-refractivity contribution in [3.05, 3.63) is 53.0 Å². The van der Waals surface area contributed by atoms with Gasteiger partial charge in [0.25, 0.3) is 0 Å². The predicted molar refractivity (Wildman–Crippen MR) is 76.1 cm³/mol. The van der Waals surface area contributed by atoms with E-state index in [0.29, 0.717) is 13.2 Å². The lowest BCUT2D eigenvalue weighted by Crippen LogP contribution is -1.96. The molecule has 0 spiro atoms. The van der Waals surface area contributed by atoms with Crippen molar-refractivity contribution in [3.8, 4) is 5.75 Å². The van der Waals surface area contributed by atoms with Gasteiger partial charge in [-0.2, -0.15) is 0 Å². The first-order valence-electron chi connectivity index (χ1n) is 6.73. The summed E-state index contributed by atoms with van der Waals surface area (Å²) in [6.07, 6.45) is 2.27. The fraction of sp³-hybridized carbons (Fsp3) is 0.375. The molecule has 1 heterocycles. The molecule has 0 unspecified atom stereocenters. The van der Waals surface area contributed by atoms with Gasteiger partial charge in [0.15, 0.2) is 0 Å². The average molecular weight is 259 g/mol. The summed E-state index contributed by atoms with van der Waals surface area (Å²) in [5.41, 5.74) is 8.01. The Morgan fingerprint density at radius 3 is 2.53 bits per heavy atom. The number of rotatable bonds is 6. The maximum atomic E-state index is 5.70. The molecule has 0 fully saturated rings. The summed E-state index contributed by atoms with van der Waals surface area (Å²) >= 11 is 0. The molecule has 0 saturated carbocycles. The molecule has 0 amide bonds. The monoisotopic (exact) mass is 259 g/mol. The quantitative estimate of drug-likeness (QED) is 0.862. The Bertz CT molecular complexity index is 514. The first-order valence-corrected chi connectivity index (χ1v) is 6.73. The van der Waals surface area contributed by atoms with Crippen molar-refractivity contribution in [2.75, 3.05) is 0 Å². The van der Waals surface area contributed by atoms with E-state index in [1.165, 1.54) is 5.56 Å². The van der Waals surface area contributed by atoms with Crippen LogP contribution in [0.3, 0.4) is 0 Å². The molecule has 0 bridgehead atoms. The smallest absolute Gasteiger partial charge is 0.146 e. The molecule has 2 rings (SSSR count). The zero-order valence-electron chi connectivity index (χ0n) is 11.6. The van der Waals surface area contributed by atoms with Crippen LogP contribution in [0.2, 0.25) is 0 Å². The topological polar surface area (TPSA) is 48.4 Å². The molecular weight excluding hydrogens is 238 g/mol. The first-order chi connectivity index (χ1) is 9.22. The van der Waals surface area contributed by atoms with Crippen molar-refractivity contribution >= 4 is 0 Å². The van der Waals surface area contributed by atoms with Gasteiger partial charge in [-0.1, -0.05) is 25.5 Å². The number of ether oxygens (including phenoxy) is 1. The Hall–Kier alpha value is -1.74. The Labute approximate surface area is 114 Å². The van der Waals surface area contributed by atoms with Gasteiger partial charge < -0.3 is 14.9 Å². The largest absolute Gasteiger partial charge is 0.486 e. The Kier molecular flexibility index (Phi) is 4.63. The van der Waals surface area contributed by atoms with E-state index in [9.17, 15) is 0 Å². The second-order valence-electron chi connectivity index (χ2n) is 4.71. The molecule has 3 nitrogen and oxygen atoms in total. The van der Waals surface area contributed by atoms with Crippen LogP contribution in [0.25, 0.3) is 0 Å². The van der Waals surface area contributed by atoms with Crippen LogP contribution in [0.15, 0.2) is 34.7 Å². The van der Waals surface area contributed by atoms with Gasteiger partial charge in [0.1, 0.15) is 23.9 Å². The molecule has 1 aromatic heterocycles. The molecule has 19 heavy (non-hydrogen) atoms. The Morgan fingerprint density at radius 1 is 1.21 bits per heavy atom. The van der Waals surface area contributed by atoms with E-state index in [1.807, 2.05) is 25.1 Å². The summed E-state index contributed by atoms with van der Waals surface area (Å²) < 4.78 is 11.3. The summed E-state index contributed by atoms with van der Waals surface area (Å²) in [5.74, 6) is 2.51. The summed E-state index contributed by atoms with van der Waals surface area (Å²) in [6.45, 7) is 5.04. The second-order valence-corrected chi connectivity index (χ2v) is 4.71. The van der Waals surface area contributed by atoms with Gasteiger partial charge in [-0.3, -0.25) is 0 Å². The minimum atomic E-state index is 0.428. The molecule has 0 radical (unpaired) electrons. The molecular formula is C16H21NO2. The highest BCUT2D eigenvalue weighted by Crippen LogP contribution is 2.18. The van der Waals surface area contributed by atoms with Crippen LogP contribution in [-0.4, -0.2) is 0 Å². The fourth-order valence-electron chi connectivity index (χ4n) is 2.06. The minimum absolute atomic E-state index is 0.428. The van der Waals surface area contributed by atoms with E-state index >= 15 is 0 Å². The molecule has 0 atom stereocenters. The van der Waals surface area contributed by atoms with Crippen LogP contribution in [0.1, 0.15) is 36.0 Å². The van der Waals surface area contributed by atoms with Gasteiger partial charge in [-0.15, -0.1) is 0 Å². The predicted octanol–water partition coefficient (Wildman–Crippen LogP) is 3.58. The third kappa shape index (κ3) is 3.61. The van der Waals surface area contributed by atoms with Crippen molar-refractivity contribution in [2.45, 2.75) is 39.8 Å². The van der Waals surface area contributed by atoms with Gasteiger partial charge in [-0.25, -0.2) is 0 Å². The van der Waals surface area contributed by atoms with Gasteiger partial charge in [-0.05, 0) is 42.7 Å². The molecule has 0 saturated heterocycles. The first kappa shape index (κ1) is 13.7. The lowest BCUT2D eigenvalue weighted by Gasteiger charge is -2.05. The fourth-order valence-corrected chi connectivity index (χ4v) is 2.06. The molecule has 2 N–H and O–H groups in total. The van der Waals surface area contributed by atoms with Crippen LogP contribution in [-0.2, 0) is 19.6 Å². The Balaban J connectivity index is 1.94. The highest BCUT2D eigenvalue weighted by atomic mass is 16.5. The van der Waals surface area contributed by atoms with E-state index in [2.05, 4.69) is 19.1 Å². The lowest BCUT2D eigenvalue weighted by atomic mass is 10.1. The van der Waals surface area contributed by atoms with Crippen molar-refractivity contribution in [1.82, 2.24) is 0 Å². The van der Waals surface area contributed by atoms with Crippen molar-refractivity contribution in [2.24, 2.45) is 5.73 Å². The number of nitrogens with two attached hydrogens (primary N) is 1. The normalized spacial score (nSPS) is 10.7. The second kappa shape index (κ2) is 6.43. The van der Waals surface area contributed by atoms with E-state index in [1.54, 1.807) is 0 Å². The molecule has 0 aliphatic carbocycles. The number of hydrogen-bond donors (Lipinski definition) is 1. The average Bonchev–Trinajstić information content (AvgIpc) is 2.79. The maximum Gasteiger partial charge on any atom is 0.146 e. The van der Waals surface area contributed by atoms with Crippen LogP contribution in [0.4, 0.5) is 0 Å². The highest BCUT2D eigenvalue weighted by Gasteiger charge is 2.06. The maximum absolute atomic E-state index is 5.70. The molecule has 2 aromatic rings. The number of benzene rings is 1. The standard InChI is InChI=1S/C16H21NO2/c1-3-4-13-5-7-14(8-6-13)18-11-15-9-12(2)16(10-17)19-15/h5-9H,3-4,10-11,17H2,1-2H3. The Morgan fingerprint density at radius 2 is 1.95 bits per heavy atom. The zero-order chi connectivity index (χ0) is 13.7. The highest BCUT2D eigenvalue weighted by molar-refractivity contribution is 5.27. The number of furan rings is 1. The van der Waals surface area contributed by atoms with Crippen LogP contribution >= 0.6 is 0 Å². The van der Waals surface area contributed by atoms with Crippen molar-refractivity contribution in [1.29, 1.82) is 0 Å². The SMILES string of the molecule is CCCc1ccc(OCc2cc(C)c(CN)o2)cc1. The number of hydrogen-bond acceptors (Lipinski definition) is 3. The molecule has 102 valence electrons. The van der Waals surface area contributed by atoms with E-state index in [-0.39, 0.29) is 0 Å². The third-order valence-corrected chi connectivity index (χ3v) is 3.10. The zero-order valence-corrected chi connectivity index (χ0v) is 11.6. The van der Waals surface area contributed by atoms with Crippen LogP contribution in [0, 0.1) is 6.92 Å². The van der Waals surface area contributed by atoms with Crippen molar-refractivity contribution in [3.63, 3.8) is 0 Å². The number of aryl methyl sites for hydroxylation is 2. The van der Waals surface area contributed by atoms with Crippen molar-refractivity contribution < 1.29 is 9.15 Å². The van der Waals surface area contributed by atoms with Crippen LogP contribution in [0.5, 0.6) is 5.75 Å². The van der Waals surface area contributed by atoms with Gasteiger partial charge in [0.2, 0.25) is 0 Å². The summed E-state index contributed by atoms with van der Waals surface area (Å²) in [4.78, 5) is 0. The molecule has 0 aliphatic heterocycles. The lowest BCUT2D eigenvalue weighted by molar-refractivity contribution is 0.266. The van der Waals surface area contributed by atoms with E-state index in [0.717, 1.165) is 35.7 Å². The molecule has 0 aliphatic rings. The molecule has 3 heteroatoms. The summed E-state index contributed by atoms with van der Waals surface area (Å²) in [6, 6.07) is 10.2.